The van der Waals surface area contributed by atoms with Crippen molar-refractivity contribution in [2.24, 2.45) is 0 Å². The lowest BCUT2D eigenvalue weighted by molar-refractivity contribution is 0.0695. The molecule has 0 saturated carbocycles. The van der Waals surface area contributed by atoms with Crippen molar-refractivity contribution in [2.45, 2.75) is 0 Å². The fourth-order valence-electron chi connectivity index (χ4n) is 4.09. The lowest BCUT2D eigenvalue weighted by Gasteiger charge is -2.14. The number of aromatic carboxylic acids is 1. The molecule has 1 heterocycles. The number of imide groups is 1. The standard InChI is InChI=1S/C29H18N2O6/c32-25(17-6-2-1-3-7-17)18-8-5-11-22(15-18)31-27(34)23-13-12-19(16-24(23)28(31)35)26(33)30-21-10-4-9-20(14-21)29(36)37/h1-16H,(H,30,33)(H,36,37). The molecule has 0 saturated heterocycles. The van der Waals surface area contributed by atoms with E-state index < -0.39 is 23.7 Å². The largest absolute Gasteiger partial charge is 0.478 e. The first-order valence-electron chi connectivity index (χ1n) is 11.2. The third-order valence-electron chi connectivity index (χ3n) is 5.92. The van der Waals surface area contributed by atoms with E-state index in [0.29, 0.717) is 11.1 Å². The number of carboxylic acids is 1. The van der Waals surface area contributed by atoms with Crippen LogP contribution in [0.25, 0.3) is 0 Å². The summed E-state index contributed by atoms with van der Waals surface area (Å²) >= 11 is 0. The molecule has 5 rings (SSSR count). The third-order valence-corrected chi connectivity index (χ3v) is 5.92. The number of nitrogens with one attached hydrogen (secondary N) is 1. The van der Waals surface area contributed by atoms with E-state index in [2.05, 4.69) is 5.32 Å². The molecule has 0 fully saturated rings. The molecule has 0 bridgehead atoms. The molecule has 1 aliphatic heterocycles. The Hall–Kier alpha value is -5.37. The zero-order valence-corrected chi connectivity index (χ0v) is 19.2. The van der Waals surface area contributed by atoms with Gasteiger partial charge < -0.3 is 10.4 Å². The second-order valence-electron chi connectivity index (χ2n) is 8.29. The first kappa shape index (κ1) is 23.4. The Balaban J connectivity index is 1.41. The predicted molar refractivity (Wildman–Crippen MR) is 135 cm³/mol. The molecule has 180 valence electrons. The number of fused-ring (bicyclic) bond motifs is 1. The Morgan fingerprint density at radius 2 is 1.30 bits per heavy atom. The average molecular weight is 490 g/mol. The van der Waals surface area contributed by atoms with Gasteiger partial charge in [-0.05, 0) is 48.5 Å². The molecule has 8 nitrogen and oxygen atoms in total. The van der Waals surface area contributed by atoms with Crippen molar-refractivity contribution in [1.29, 1.82) is 0 Å². The van der Waals surface area contributed by atoms with Gasteiger partial charge >= 0.3 is 5.97 Å². The van der Waals surface area contributed by atoms with Gasteiger partial charge in [0.05, 0.1) is 22.4 Å². The third kappa shape index (κ3) is 4.39. The van der Waals surface area contributed by atoms with Crippen LogP contribution in [0, 0.1) is 0 Å². The highest BCUT2D eigenvalue weighted by atomic mass is 16.4. The summed E-state index contributed by atoms with van der Waals surface area (Å²) < 4.78 is 0. The van der Waals surface area contributed by atoms with Crippen LogP contribution in [0.15, 0.2) is 97.1 Å². The Bertz CT molecular complexity index is 1610. The van der Waals surface area contributed by atoms with E-state index in [1.807, 2.05) is 0 Å². The van der Waals surface area contributed by atoms with Crippen LogP contribution in [-0.2, 0) is 0 Å². The molecule has 0 radical (unpaired) electrons. The maximum atomic E-state index is 13.2. The Morgan fingerprint density at radius 1 is 0.622 bits per heavy atom. The van der Waals surface area contributed by atoms with Gasteiger partial charge in [-0.3, -0.25) is 19.2 Å². The van der Waals surface area contributed by atoms with E-state index in [1.54, 1.807) is 48.5 Å². The monoisotopic (exact) mass is 490 g/mol. The van der Waals surface area contributed by atoms with E-state index in [9.17, 15) is 24.0 Å². The lowest BCUT2D eigenvalue weighted by Crippen LogP contribution is -2.29. The summed E-state index contributed by atoms with van der Waals surface area (Å²) in [7, 11) is 0. The molecule has 2 N–H and O–H groups in total. The normalized spacial score (nSPS) is 12.3. The molecule has 37 heavy (non-hydrogen) atoms. The molecule has 0 spiro atoms. The van der Waals surface area contributed by atoms with Crippen molar-refractivity contribution in [3.05, 3.63) is 130 Å². The van der Waals surface area contributed by atoms with Gasteiger partial charge in [0.25, 0.3) is 17.7 Å². The minimum Gasteiger partial charge on any atom is -0.478 e. The van der Waals surface area contributed by atoms with Crippen LogP contribution in [0.2, 0.25) is 0 Å². The first-order valence-corrected chi connectivity index (χ1v) is 11.2. The quantitative estimate of drug-likeness (QED) is 0.299. The van der Waals surface area contributed by atoms with Crippen molar-refractivity contribution in [3.8, 4) is 0 Å². The molecular formula is C29H18N2O6. The topological polar surface area (TPSA) is 121 Å². The number of hydrogen-bond donors (Lipinski definition) is 2. The molecule has 0 aliphatic carbocycles. The van der Waals surface area contributed by atoms with E-state index in [1.165, 1.54) is 48.5 Å². The van der Waals surface area contributed by atoms with Crippen LogP contribution in [0.5, 0.6) is 0 Å². The summed E-state index contributed by atoms with van der Waals surface area (Å²) in [5.74, 6) is -3.13. The minimum atomic E-state index is -1.13. The molecule has 0 unspecified atom stereocenters. The first-order chi connectivity index (χ1) is 17.8. The molecule has 0 aromatic heterocycles. The molecule has 0 atom stereocenters. The van der Waals surface area contributed by atoms with Gasteiger partial charge in [-0.25, -0.2) is 9.69 Å². The highest BCUT2D eigenvalue weighted by Crippen LogP contribution is 2.30. The smallest absolute Gasteiger partial charge is 0.335 e. The zero-order valence-electron chi connectivity index (χ0n) is 19.2. The van der Waals surface area contributed by atoms with Crippen molar-refractivity contribution in [2.75, 3.05) is 10.2 Å². The summed E-state index contributed by atoms with van der Waals surface area (Å²) in [6.07, 6.45) is 0. The summed E-state index contributed by atoms with van der Waals surface area (Å²) in [6.45, 7) is 0. The van der Waals surface area contributed by atoms with Crippen molar-refractivity contribution in [1.82, 2.24) is 0 Å². The van der Waals surface area contributed by atoms with Crippen LogP contribution < -0.4 is 10.2 Å². The predicted octanol–water partition coefficient (Wildman–Crippen LogP) is 4.67. The molecule has 8 heteroatoms. The number of carbonyl (C=O) groups excluding carboxylic acids is 4. The summed E-state index contributed by atoms with van der Waals surface area (Å²) in [5, 5.41) is 11.7. The fourth-order valence-corrected chi connectivity index (χ4v) is 4.09. The maximum absolute atomic E-state index is 13.2. The fraction of sp³-hybridized carbons (Fsp3) is 0. The molecular weight excluding hydrogens is 472 g/mol. The Morgan fingerprint density at radius 3 is 2.05 bits per heavy atom. The van der Waals surface area contributed by atoms with Crippen LogP contribution in [0.3, 0.4) is 0 Å². The van der Waals surface area contributed by atoms with Gasteiger partial charge in [0.1, 0.15) is 0 Å². The van der Waals surface area contributed by atoms with Crippen LogP contribution in [0.1, 0.15) is 57.4 Å². The summed E-state index contributed by atoms with van der Waals surface area (Å²) in [4.78, 5) is 64.1. The minimum absolute atomic E-state index is 0.0103. The SMILES string of the molecule is O=C(O)c1cccc(NC(=O)c2ccc3c(c2)C(=O)N(c2cccc(C(=O)c4ccccc4)c2)C3=O)c1. The van der Waals surface area contributed by atoms with Gasteiger partial charge in [0, 0.05) is 22.4 Å². The Kier molecular flexibility index (Phi) is 5.91. The van der Waals surface area contributed by atoms with E-state index in [-0.39, 0.29) is 39.4 Å². The van der Waals surface area contributed by atoms with Gasteiger partial charge in [-0.2, -0.15) is 0 Å². The van der Waals surface area contributed by atoms with Crippen LogP contribution >= 0.6 is 0 Å². The number of carbonyl (C=O) groups is 5. The molecule has 3 amide bonds. The highest BCUT2D eigenvalue weighted by Gasteiger charge is 2.37. The summed E-state index contributed by atoms with van der Waals surface area (Å²) in [5.41, 5.74) is 1.63. The summed E-state index contributed by atoms with van der Waals surface area (Å²) in [6, 6.07) is 24.8. The number of anilines is 2. The lowest BCUT2D eigenvalue weighted by atomic mass is 10.0. The second-order valence-corrected chi connectivity index (χ2v) is 8.29. The maximum Gasteiger partial charge on any atom is 0.335 e. The molecule has 4 aromatic rings. The zero-order chi connectivity index (χ0) is 26.1. The second kappa shape index (κ2) is 9.35. The number of nitrogens with zero attached hydrogens (tertiary/aromatic N) is 1. The van der Waals surface area contributed by atoms with Crippen molar-refractivity contribution >= 4 is 40.8 Å². The average Bonchev–Trinajstić information content (AvgIpc) is 3.17. The number of hydrogen-bond acceptors (Lipinski definition) is 5. The Labute approximate surface area is 210 Å². The number of amides is 3. The molecule has 1 aliphatic rings. The number of benzene rings is 4. The van der Waals surface area contributed by atoms with E-state index >= 15 is 0 Å². The number of carboxylic acid groups (broad SMARTS) is 1. The van der Waals surface area contributed by atoms with Crippen LogP contribution in [0.4, 0.5) is 11.4 Å². The van der Waals surface area contributed by atoms with Crippen LogP contribution in [-0.4, -0.2) is 34.6 Å². The van der Waals surface area contributed by atoms with Gasteiger partial charge in [0.2, 0.25) is 0 Å². The van der Waals surface area contributed by atoms with Crippen molar-refractivity contribution < 1.29 is 29.1 Å². The van der Waals surface area contributed by atoms with E-state index in [0.717, 1.165) is 4.90 Å². The van der Waals surface area contributed by atoms with Gasteiger partial charge in [-0.15, -0.1) is 0 Å². The van der Waals surface area contributed by atoms with E-state index in [4.69, 9.17) is 5.11 Å². The molecule has 4 aromatic carbocycles. The highest BCUT2D eigenvalue weighted by molar-refractivity contribution is 6.35. The number of ketones is 1. The number of rotatable bonds is 6. The van der Waals surface area contributed by atoms with Gasteiger partial charge in [-0.1, -0.05) is 48.5 Å². The van der Waals surface area contributed by atoms with Gasteiger partial charge in [0.15, 0.2) is 5.78 Å². The van der Waals surface area contributed by atoms with Crippen molar-refractivity contribution in [3.63, 3.8) is 0 Å².